The van der Waals surface area contributed by atoms with Crippen LogP contribution in [-0.2, 0) is 11.3 Å². The molecule has 0 unspecified atom stereocenters. The molecule has 2 N–H and O–H groups in total. The van der Waals surface area contributed by atoms with Gasteiger partial charge in [-0.15, -0.1) is 0 Å². The van der Waals surface area contributed by atoms with Gasteiger partial charge in [-0.05, 0) is 46.7 Å². The van der Waals surface area contributed by atoms with E-state index >= 15 is 0 Å². The van der Waals surface area contributed by atoms with Crippen LogP contribution in [0.4, 0.5) is 0 Å². The van der Waals surface area contributed by atoms with E-state index in [9.17, 15) is 0 Å². The molecule has 0 saturated carbocycles. The Labute approximate surface area is 152 Å². The minimum atomic E-state index is 0.789. The maximum atomic E-state index is 5.08. The lowest BCUT2D eigenvalue weighted by Gasteiger charge is -2.18. The SMILES string of the molecule is CCNC(=NCCCn1nc(C)cc1C)NCCN(C)CCCOC. The van der Waals surface area contributed by atoms with Gasteiger partial charge in [0.2, 0.25) is 0 Å². The highest BCUT2D eigenvalue weighted by Gasteiger charge is 2.02. The summed E-state index contributed by atoms with van der Waals surface area (Å²) in [5.41, 5.74) is 2.29. The van der Waals surface area contributed by atoms with Crippen molar-refractivity contribution in [3.05, 3.63) is 17.5 Å². The minimum absolute atomic E-state index is 0.789. The molecule has 7 heteroatoms. The number of aryl methyl sites for hydroxylation is 3. The van der Waals surface area contributed by atoms with E-state index < -0.39 is 0 Å². The smallest absolute Gasteiger partial charge is 0.191 e. The summed E-state index contributed by atoms with van der Waals surface area (Å²) in [6.45, 7) is 12.5. The van der Waals surface area contributed by atoms with Crippen LogP contribution < -0.4 is 10.6 Å². The Morgan fingerprint density at radius 1 is 1.28 bits per heavy atom. The van der Waals surface area contributed by atoms with Crippen LogP contribution >= 0.6 is 0 Å². The molecule has 7 nitrogen and oxygen atoms in total. The van der Waals surface area contributed by atoms with Gasteiger partial charge in [0.25, 0.3) is 0 Å². The molecular weight excluding hydrogens is 316 g/mol. The van der Waals surface area contributed by atoms with Gasteiger partial charge in [-0.1, -0.05) is 0 Å². The summed E-state index contributed by atoms with van der Waals surface area (Å²) in [6, 6.07) is 2.11. The lowest BCUT2D eigenvalue weighted by molar-refractivity contribution is 0.180. The topological polar surface area (TPSA) is 66.7 Å². The summed E-state index contributed by atoms with van der Waals surface area (Å²) in [5.74, 6) is 0.890. The van der Waals surface area contributed by atoms with Crippen molar-refractivity contribution in [2.24, 2.45) is 4.99 Å². The van der Waals surface area contributed by atoms with Crippen molar-refractivity contribution in [1.82, 2.24) is 25.3 Å². The van der Waals surface area contributed by atoms with E-state index in [1.807, 2.05) is 6.92 Å². The summed E-state index contributed by atoms with van der Waals surface area (Å²) in [7, 11) is 3.88. The van der Waals surface area contributed by atoms with Crippen LogP contribution in [0, 0.1) is 13.8 Å². The lowest BCUT2D eigenvalue weighted by atomic mass is 10.4. The number of hydrogen-bond donors (Lipinski definition) is 2. The monoisotopic (exact) mass is 352 g/mol. The number of nitrogens with zero attached hydrogens (tertiary/aromatic N) is 4. The Balaban J connectivity index is 2.27. The predicted molar refractivity (Wildman–Crippen MR) is 104 cm³/mol. The van der Waals surface area contributed by atoms with Crippen LogP contribution in [0.25, 0.3) is 0 Å². The molecular formula is C18H36N6O. The van der Waals surface area contributed by atoms with Crippen molar-refractivity contribution in [2.45, 2.75) is 40.2 Å². The molecule has 144 valence electrons. The number of nitrogens with one attached hydrogen (secondary N) is 2. The highest BCUT2D eigenvalue weighted by atomic mass is 16.5. The van der Waals surface area contributed by atoms with Gasteiger partial charge >= 0.3 is 0 Å². The van der Waals surface area contributed by atoms with Crippen molar-refractivity contribution in [3.8, 4) is 0 Å². The Morgan fingerprint density at radius 3 is 2.72 bits per heavy atom. The average Bonchev–Trinajstić information content (AvgIpc) is 2.89. The first-order chi connectivity index (χ1) is 12.1. The molecule has 0 bridgehead atoms. The Hall–Kier alpha value is -1.60. The van der Waals surface area contributed by atoms with E-state index in [-0.39, 0.29) is 0 Å². The molecule has 0 atom stereocenters. The molecule has 0 aromatic carbocycles. The molecule has 0 amide bonds. The first-order valence-electron chi connectivity index (χ1n) is 9.27. The normalized spacial score (nSPS) is 12.0. The van der Waals surface area contributed by atoms with E-state index in [2.05, 4.69) is 57.3 Å². The van der Waals surface area contributed by atoms with Crippen LogP contribution in [-0.4, -0.2) is 74.1 Å². The van der Waals surface area contributed by atoms with E-state index in [1.54, 1.807) is 7.11 Å². The molecule has 0 fully saturated rings. The fraction of sp³-hybridized carbons (Fsp3) is 0.778. The minimum Gasteiger partial charge on any atom is -0.385 e. The molecule has 1 rings (SSSR count). The zero-order chi connectivity index (χ0) is 18.5. The molecule has 0 saturated heterocycles. The molecule has 1 heterocycles. The summed E-state index contributed by atoms with van der Waals surface area (Å²) in [4.78, 5) is 6.96. The van der Waals surface area contributed by atoms with Crippen molar-refractivity contribution in [1.29, 1.82) is 0 Å². The second-order valence-corrected chi connectivity index (χ2v) is 6.34. The van der Waals surface area contributed by atoms with Crippen molar-refractivity contribution in [3.63, 3.8) is 0 Å². The molecule has 0 aliphatic rings. The summed E-state index contributed by atoms with van der Waals surface area (Å²) in [6.07, 6.45) is 2.04. The van der Waals surface area contributed by atoms with Crippen molar-refractivity contribution in [2.75, 3.05) is 53.5 Å². The van der Waals surface area contributed by atoms with Crippen LogP contribution in [0.3, 0.4) is 0 Å². The van der Waals surface area contributed by atoms with Gasteiger partial charge < -0.3 is 20.3 Å². The van der Waals surface area contributed by atoms with Gasteiger partial charge in [-0.3, -0.25) is 9.67 Å². The van der Waals surface area contributed by atoms with E-state index in [4.69, 9.17) is 4.74 Å². The largest absolute Gasteiger partial charge is 0.385 e. The number of guanidine groups is 1. The summed E-state index contributed by atoms with van der Waals surface area (Å²) < 4.78 is 7.14. The number of hydrogen-bond acceptors (Lipinski definition) is 4. The van der Waals surface area contributed by atoms with Gasteiger partial charge in [0.05, 0.1) is 5.69 Å². The zero-order valence-electron chi connectivity index (χ0n) is 16.6. The fourth-order valence-electron chi connectivity index (χ4n) is 2.61. The van der Waals surface area contributed by atoms with Crippen LogP contribution in [0.15, 0.2) is 11.1 Å². The summed E-state index contributed by atoms with van der Waals surface area (Å²) in [5, 5.41) is 11.2. The standard InChI is InChI=1S/C18H36N6O/c1-6-19-18(21-10-13-23(4)11-8-14-25-5)20-9-7-12-24-17(3)15-16(2)22-24/h15H,6-14H2,1-5H3,(H2,19,20,21). The van der Waals surface area contributed by atoms with Crippen molar-refractivity contribution < 1.29 is 4.74 Å². The molecule has 1 aromatic rings. The van der Waals surface area contributed by atoms with Gasteiger partial charge in [-0.2, -0.15) is 5.10 Å². The average molecular weight is 353 g/mol. The molecule has 0 radical (unpaired) electrons. The first-order valence-corrected chi connectivity index (χ1v) is 9.27. The Bertz CT molecular complexity index is 500. The van der Waals surface area contributed by atoms with Gasteiger partial charge in [-0.25, -0.2) is 0 Å². The first kappa shape index (κ1) is 21.4. The third-order valence-corrected chi connectivity index (χ3v) is 3.92. The zero-order valence-corrected chi connectivity index (χ0v) is 16.6. The second-order valence-electron chi connectivity index (χ2n) is 6.34. The Morgan fingerprint density at radius 2 is 2.08 bits per heavy atom. The van der Waals surface area contributed by atoms with E-state index in [0.29, 0.717) is 0 Å². The van der Waals surface area contributed by atoms with Gasteiger partial charge in [0.15, 0.2) is 5.96 Å². The second kappa shape index (κ2) is 12.7. The van der Waals surface area contributed by atoms with E-state index in [0.717, 1.165) is 70.4 Å². The highest BCUT2D eigenvalue weighted by molar-refractivity contribution is 5.79. The fourth-order valence-corrected chi connectivity index (χ4v) is 2.61. The van der Waals surface area contributed by atoms with Crippen molar-refractivity contribution >= 4 is 5.96 Å². The maximum absolute atomic E-state index is 5.08. The van der Waals surface area contributed by atoms with Crippen LogP contribution in [0.1, 0.15) is 31.2 Å². The molecule has 0 aliphatic heterocycles. The van der Waals surface area contributed by atoms with Gasteiger partial charge in [0.1, 0.15) is 0 Å². The lowest BCUT2D eigenvalue weighted by Crippen LogP contribution is -2.41. The molecule has 0 spiro atoms. The number of aromatic nitrogens is 2. The predicted octanol–water partition coefficient (Wildman–Crippen LogP) is 1.41. The third kappa shape index (κ3) is 9.45. The number of aliphatic imine (C=N–C) groups is 1. The number of rotatable bonds is 12. The summed E-state index contributed by atoms with van der Waals surface area (Å²) >= 11 is 0. The highest BCUT2D eigenvalue weighted by Crippen LogP contribution is 2.02. The molecule has 1 aromatic heterocycles. The quantitative estimate of drug-likeness (QED) is 0.338. The third-order valence-electron chi connectivity index (χ3n) is 3.92. The maximum Gasteiger partial charge on any atom is 0.191 e. The van der Waals surface area contributed by atoms with Gasteiger partial charge in [0, 0.05) is 58.7 Å². The number of likely N-dealkylation sites (N-methyl/N-ethyl adjacent to an activating group) is 1. The van der Waals surface area contributed by atoms with Crippen LogP contribution in [0.5, 0.6) is 0 Å². The Kier molecular flexibility index (Phi) is 10.9. The molecule has 25 heavy (non-hydrogen) atoms. The van der Waals surface area contributed by atoms with E-state index in [1.165, 1.54) is 5.69 Å². The van der Waals surface area contributed by atoms with Crippen LogP contribution in [0.2, 0.25) is 0 Å². The number of methoxy groups -OCH3 is 1. The molecule has 0 aliphatic carbocycles. The number of ether oxygens (including phenoxy) is 1.